The lowest BCUT2D eigenvalue weighted by Gasteiger charge is -2.28. The maximum absolute atomic E-state index is 12.6. The van der Waals surface area contributed by atoms with E-state index in [2.05, 4.69) is 29.3 Å². The van der Waals surface area contributed by atoms with Crippen molar-refractivity contribution < 1.29 is 9.53 Å². The van der Waals surface area contributed by atoms with Gasteiger partial charge in [0.05, 0.1) is 13.2 Å². The maximum Gasteiger partial charge on any atom is 0.254 e. The molecule has 0 bridgehead atoms. The summed E-state index contributed by atoms with van der Waals surface area (Å²) in [5, 5.41) is 3.37. The van der Waals surface area contributed by atoms with Crippen molar-refractivity contribution in [2.45, 2.75) is 13.5 Å². The summed E-state index contributed by atoms with van der Waals surface area (Å²) in [7, 11) is 0. The van der Waals surface area contributed by atoms with Crippen LogP contribution < -0.4 is 5.32 Å². The zero-order valence-electron chi connectivity index (χ0n) is 13.3. The van der Waals surface area contributed by atoms with Crippen LogP contribution in [0.2, 0.25) is 0 Å². The highest BCUT2D eigenvalue weighted by Gasteiger charge is 2.19. The Morgan fingerprint density at radius 2 is 1.86 bits per heavy atom. The van der Waals surface area contributed by atoms with Gasteiger partial charge in [-0.2, -0.15) is 0 Å². The molecule has 1 aromatic rings. The number of aryl methyl sites for hydroxylation is 1. The molecule has 5 nitrogen and oxygen atoms in total. The lowest BCUT2D eigenvalue weighted by molar-refractivity contribution is 0.0302. The number of piperazine rings is 1. The Hall–Kier alpha value is -1.43. The van der Waals surface area contributed by atoms with Gasteiger partial charge in [-0.25, -0.2) is 0 Å². The summed E-state index contributed by atoms with van der Waals surface area (Å²) in [6.45, 7) is 9.90. The minimum Gasteiger partial charge on any atom is -0.378 e. The van der Waals surface area contributed by atoms with Crippen molar-refractivity contribution in [1.82, 2.24) is 15.1 Å². The number of amides is 1. The number of carbonyl (C=O) groups excluding carboxylic acids is 1. The molecule has 1 aromatic carbocycles. The van der Waals surface area contributed by atoms with E-state index in [1.807, 2.05) is 11.0 Å². The topological polar surface area (TPSA) is 44.8 Å². The zero-order chi connectivity index (χ0) is 15.4. The highest BCUT2D eigenvalue weighted by Crippen LogP contribution is 2.15. The molecular formula is C17H25N3O2. The van der Waals surface area contributed by atoms with E-state index in [1.165, 1.54) is 5.56 Å². The Morgan fingerprint density at radius 3 is 2.59 bits per heavy atom. The molecule has 0 radical (unpaired) electrons. The van der Waals surface area contributed by atoms with Gasteiger partial charge in [0.25, 0.3) is 5.91 Å². The first-order valence-corrected chi connectivity index (χ1v) is 8.13. The Morgan fingerprint density at radius 1 is 1.14 bits per heavy atom. The van der Waals surface area contributed by atoms with Crippen LogP contribution in [0, 0.1) is 6.92 Å². The first-order valence-electron chi connectivity index (χ1n) is 8.13. The quantitative estimate of drug-likeness (QED) is 0.900. The first kappa shape index (κ1) is 15.5. The Labute approximate surface area is 132 Å². The van der Waals surface area contributed by atoms with E-state index < -0.39 is 0 Å². The SMILES string of the molecule is Cc1cc(CN2CCNCC2)cc(C(=O)N2CCOCC2)c1. The van der Waals surface area contributed by atoms with E-state index in [1.54, 1.807) is 0 Å². The summed E-state index contributed by atoms with van der Waals surface area (Å²) in [5.41, 5.74) is 3.20. The second-order valence-corrected chi connectivity index (χ2v) is 6.14. The summed E-state index contributed by atoms with van der Waals surface area (Å²) in [5.74, 6) is 0.133. The third-order valence-corrected chi connectivity index (χ3v) is 4.30. The van der Waals surface area contributed by atoms with E-state index in [9.17, 15) is 4.79 Å². The number of nitrogens with one attached hydrogen (secondary N) is 1. The normalized spacial score (nSPS) is 20.1. The zero-order valence-corrected chi connectivity index (χ0v) is 13.3. The molecule has 2 fully saturated rings. The number of benzene rings is 1. The van der Waals surface area contributed by atoms with Gasteiger partial charge in [0.1, 0.15) is 0 Å². The van der Waals surface area contributed by atoms with E-state index in [0.717, 1.165) is 43.9 Å². The van der Waals surface area contributed by atoms with Crippen molar-refractivity contribution in [1.29, 1.82) is 0 Å². The van der Waals surface area contributed by atoms with Gasteiger partial charge in [-0.1, -0.05) is 11.6 Å². The highest BCUT2D eigenvalue weighted by atomic mass is 16.5. The molecule has 2 saturated heterocycles. The molecule has 2 aliphatic rings. The molecule has 0 unspecified atom stereocenters. The van der Waals surface area contributed by atoms with Crippen LogP contribution in [-0.4, -0.2) is 68.2 Å². The standard InChI is InChI=1S/C17H25N3O2/c1-14-10-15(13-19-4-2-18-3-5-19)12-16(11-14)17(21)20-6-8-22-9-7-20/h10-12,18H,2-9,13H2,1H3. The number of ether oxygens (including phenoxy) is 1. The lowest BCUT2D eigenvalue weighted by atomic mass is 10.0. The number of hydrogen-bond acceptors (Lipinski definition) is 4. The van der Waals surface area contributed by atoms with Crippen molar-refractivity contribution >= 4 is 5.91 Å². The summed E-state index contributed by atoms with van der Waals surface area (Å²) >= 11 is 0. The van der Waals surface area contributed by atoms with Crippen LogP contribution in [0.4, 0.5) is 0 Å². The van der Waals surface area contributed by atoms with E-state index in [4.69, 9.17) is 4.74 Å². The predicted molar refractivity (Wildman–Crippen MR) is 86.0 cm³/mol. The van der Waals surface area contributed by atoms with Crippen LogP contribution in [0.5, 0.6) is 0 Å². The van der Waals surface area contributed by atoms with Crippen LogP contribution in [0.1, 0.15) is 21.5 Å². The van der Waals surface area contributed by atoms with Crippen molar-refractivity contribution in [2.24, 2.45) is 0 Å². The van der Waals surface area contributed by atoms with Crippen LogP contribution in [0.25, 0.3) is 0 Å². The van der Waals surface area contributed by atoms with E-state index >= 15 is 0 Å². The Bertz CT molecular complexity index is 521. The van der Waals surface area contributed by atoms with Gasteiger partial charge in [-0.05, 0) is 24.6 Å². The van der Waals surface area contributed by atoms with Crippen molar-refractivity contribution in [3.8, 4) is 0 Å². The fourth-order valence-corrected chi connectivity index (χ4v) is 3.15. The molecule has 5 heteroatoms. The fraction of sp³-hybridized carbons (Fsp3) is 0.588. The molecule has 2 aliphatic heterocycles. The molecule has 120 valence electrons. The molecular weight excluding hydrogens is 278 g/mol. The largest absolute Gasteiger partial charge is 0.378 e. The average molecular weight is 303 g/mol. The molecule has 22 heavy (non-hydrogen) atoms. The number of rotatable bonds is 3. The van der Waals surface area contributed by atoms with Gasteiger partial charge in [0.15, 0.2) is 0 Å². The summed E-state index contributed by atoms with van der Waals surface area (Å²) in [6, 6.07) is 6.25. The summed E-state index contributed by atoms with van der Waals surface area (Å²) in [4.78, 5) is 17.0. The molecule has 1 N–H and O–H groups in total. The third kappa shape index (κ3) is 3.85. The van der Waals surface area contributed by atoms with Gasteiger partial charge in [-0.15, -0.1) is 0 Å². The third-order valence-electron chi connectivity index (χ3n) is 4.30. The van der Waals surface area contributed by atoms with Crippen LogP contribution in [0.15, 0.2) is 18.2 Å². The molecule has 0 aromatic heterocycles. The van der Waals surface area contributed by atoms with Crippen LogP contribution in [0.3, 0.4) is 0 Å². The van der Waals surface area contributed by atoms with E-state index in [-0.39, 0.29) is 5.91 Å². The van der Waals surface area contributed by atoms with Gasteiger partial charge in [0.2, 0.25) is 0 Å². The minimum absolute atomic E-state index is 0.133. The molecule has 0 atom stereocenters. The van der Waals surface area contributed by atoms with Crippen molar-refractivity contribution in [3.63, 3.8) is 0 Å². The van der Waals surface area contributed by atoms with Crippen LogP contribution >= 0.6 is 0 Å². The Kier molecular flexibility index (Phi) is 5.08. The number of morpholine rings is 1. The number of carbonyl (C=O) groups is 1. The highest BCUT2D eigenvalue weighted by molar-refractivity contribution is 5.94. The van der Waals surface area contributed by atoms with Crippen molar-refractivity contribution in [3.05, 3.63) is 34.9 Å². The van der Waals surface area contributed by atoms with Gasteiger partial charge in [0, 0.05) is 51.4 Å². The lowest BCUT2D eigenvalue weighted by Crippen LogP contribution is -2.43. The van der Waals surface area contributed by atoms with Crippen molar-refractivity contribution in [2.75, 3.05) is 52.5 Å². The summed E-state index contributed by atoms with van der Waals surface area (Å²) in [6.07, 6.45) is 0. The smallest absolute Gasteiger partial charge is 0.254 e. The number of nitrogens with zero attached hydrogens (tertiary/aromatic N) is 2. The fourth-order valence-electron chi connectivity index (χ4n) is 3.15. The van der Waals surface area contributed by atoms with Gasteiger partial charge < -0.3 is 15.0 Å². The monoisotopic (exact) mass is 303 g/mol. The van der Waals surface area contributed by atoms with E-state index in [0.29, 0.717) is 26.3 Å². The number of hydrogen-bond donors (Lipinski definition) is 1. The average Bonchev–Trinajstić information content (AvgIpc) is 2.55. The molecule has 0 spiro atoms. The second kappa shape index (κ2) is 7.22. The first-order chi connectivity index (χ1) is 10.7. The summed E-state index contributed by atoms with van der Waals surface area (Å²) < 4.78 is 5.33. The molecule has 1 amide bonds. The Balaban J connectivity index is 1.72. The molecule has 0 aliphatic carbocycles. The molecule has 0 saturated carbocycles. The molecule has 3 rings (SSSR count). The predicted octanol–water partition coefficient (Wildman–Crippen LogP) is 0.873. The minimum atomic E-state index is 0.133. The maximum atomic E-state index is 12.6. The van der Waals surface area contributed by atoms with Gasteiger partial charge >= 0.3 is 0 Å². The second-order valence-electron chi connectivity index (χ2n) is 6.14. The van der Waals surface area contributed by atoms with Gasteiger partial charge in [-0.3, -0.25) is 9.69 Å². The molecule has 2 heterocycles. The van der Waals surface area contributed by atoms with Crippen LogP contribution in [-0.2, 0) is 11.3 Å².